The van der Waals surface area contributed by atoms with Crippen molar-refractivity contribution in [1.82, 2.24) is 9.55 Å². The number of hydrogen-bond acceptors (Lipinski definition) is 12. The number of ether oxygens (including phenoxy) is 6. The highest BCUT2D eigenvalue weighted by atomic mass is 32.2. The predicted molar refractivity (Wildman–Crippen MR) is 163 cm³/mol. The van der Waals surface area contributed by atoms with Gasteiger partial charge < -0.3 is 33.0 Å². The highest BCUT2D eigenvalue weighted by Gasteiger charge is 2.52. The van der Waals surface area contributed by atoms with E-state index in [2.05, 4.69) is 6.92 Å². The zero-order valence-electron chi connectivity index (χ0n) is 25.9. The van der Waals surface area contributed by atoms with Gasteiger partial charge in [0.05, 0.1) is 24.2 Å². The molecule has 12 nitrogen and oxygen atoms in total. The number of unbranched alkanes of at least 4 members (excludes halogenated alkanes) is 1. The van der Waals surface area contributed by atoms with Crippen molar-refractivity contribution in [2.45, 2.75) is 89.0 Å². The third-order valence-electron chi connectivity index (χ3n) is 6.82. The first-order valence-electron chi connectivity index (χ1n) is 14.7. The molecule has 0 amide bonds. The average Bonchev–Trinajstić information content (AvgIpc) is 3.32. The van der Waals surface area contributed by atoms with Crippen molar-refractivity contribution in [3.8, 4) is 5.75 Å². The topological polar surface area (TPSA) is 141 Å². The van der Waals surface area contributed by atoms with E-state index in [-0.39, 0.29) is 6.61 Å². The van der Waals surface area contributed by atoms with Crippen LogP contribution in [-0.4, -0.2) is 76.5 Å². The molecule has 2 aromatic carbocycles. The lowest BCUT2D eigenvalue weighted by molar-refractivity contribution is -0.237. The molecule has 45 heavy (non-hydrogen) atoms. The first-order chi connectivity index (χ1) is 21.5. The molecule has 0 bridgehead atoms. The van der Waals surface area contributed by atoms with Gasteiger partial charge in [0.25, 0.3) is 0 Å². The fourth-order valence-corrected chi connectivity index (χ4v) is 6.08. The molecule has 0 N–H and O–H groups in total. The second-order valence-electron chi connectivity index (χ2n) is 10.5. The maximum absolute atomic E-state index is 12.3. The summed E-state index contributed by atoms with van der Waals surface area (Å²) < 4.78 is 36.1. The van der Waals surface area contributed by atoms with E-state index < -0.39 is 53.7 Å². The molecular formula is C32H38N2O10S. The van der Waals surface area contributed by atoms with Crippen molar-refractivity contribution < 1.29 is 47.6 Å². The zero-order valence-corrected chi connectivity index (χ0v) is 26.7. The summed E-state index contributed by atoms with van der Waals surface area (Å²) >= 11 is 1.15. The molecule has 1 aromatic heterocycles. The van der Waals surface area contributed by atoms with E-state index in [0.29, 0.717) is 18.3 Å². The minimum absolute atomic E-state index is 0.308. The van der Waals surface area contributed by atoms with Gasteiger partial charge in [0.15, 0.2) is 28.9 Å². The van der Waals surface area contributed by atoms with Crippen molar-refractivity contribution in [3.05, 3.63) is 54.1 Å². The maximum atomic E-state index is 12.3. The fourth-order valence-electron chi connectivity index (χ4n) is 4.89. The minimum Gasteiger partial charge on any atom is -0.494 e. The predicted octanol–water partition coefficient (Wildman–Crippen LogP) is 4.44. The van der Waals surface area contributed by atoms with Crippen LogP contribution in [0.4, 0.5) is 0 Å². The first kappa shape index (κ1) is 33.8. The summed E-state index contributed by atoms with van der Waals surface area (Å²) in [6, 6.07) is 15.4. The van der Waals surface area contributed by atoms with Crippen LogP contribution in [0.25, 0.3) is 11.0 Å². The lowest BCUT2D eigenvalue weighted by atomic mass is 9.99. The first-order valence-corrected chi connectivity index (χ1v) is 15.6. The van der Waals surface area contributed by atoms with Crippen molar-refractivity contribution in [2.75, 3.05) is 13.2 Å². The number of thioether (sulfide) groups is 1. The van der Waals surface area contributed by atoms with Crippen LogP contribution >= 0.6 is 11.8 Å². The Morgan fingerprint density at radius 1 is 0.844 bits per heavy atom. The van der Waals surface area contributed by atoms with E-state index in [1.165, 1.54) is 27.7 Å². The Bertz CT molecular complexity index is 1490. The Kier molecular flexibility index (Phi) is 11.8. The molecule has 1 aliphatic heterocycles. The molecule has 242 valence electrons. The molecule has 0 saturated carbocycles. The molecule has 5 unspecified atom stereocenters. The van der Waals surface area contributed by atoms with Crippen LogP contribution in [0.1, 0.15) is 53.0 Å². The van der Waals surface area contributed by atoms with E-state index in [0.717, 1.165) is 46.9 Å². The highest BCUT2D eigenvalue weighted by molar-refractivity contribution is 7.99. The standard InChI is InChI=1S/C32H38N2O10S/c1-6-7-16-39-24-14-12-23(13-15-24)17-34-26-11-9-8-10-25(26)33-32(34)45-31-30(43-22(5)38)29(42-21(4)37)28(41-20(3)36)27(44-31)18-40-19(2)35/h8-15,27-31H,6-7,16-18H2,1-5H3. The molecule has 4 rings (SSSR count). The van der Waals surface area contributed by atoms with Gasteiger partial charge in [-0.25, -0.2) is 4.98 Å². The molecule has 0 aliphatic carbocycles. The summed E-state index contributed by atoms with van der Waals surface area (Å²) in [5.41, 5.74) is 1.57. The maximum Gasteiger partial charge on any atom is 0.303 e. The lowest BCUT2D eigenvalue weighted by Gasteiger charge is -2.44. The number of carbonyl (C=O) groups is 4. The average molecular weight is 643 g/mol. The van der Waals surface area contributed by atoms with Crippen LogP contribution in [0.15, 0.2) is 53.7 Å². The van der Waals surface area contributed by atoms with E-state index in [1.807, 2.05) is 53.1 Å². The van der Waals surface area contributed by atoms with Crippen LogP contribution < -0.4 is 4.74 Å². The summed E-state index contributed by atoms with van der Waals surface area (Å²) in [7, 11) is 0. The fraction of sp³-hybridized carbons (Fsp3) is 0.469. The quantitative estimate of drug-likeness (QED) is 0.148. The van der Waals surface area contributed by atoms with Gasteiger partial charge >= 0.3 is 23.9 Å². The van der Waals surface area contributed by atoms with Gasteiger partial charge in [-0.3, -0.25) is 19.2 Å². The molecule has 0 spiro atoms. The van der Waals surface area contributed by atoms with Crippen molar-refractivity contribution >= 4 is 46.7 Å². The van der Waals surface area contributed by atoms with Crippen LogP contribution in [0.2, 0.25) is 0 Å². The van der Waals surface area contributed by atoms with Crippen molar-refractivity contribution in [3.63, 3.8) is 0 Å². The van der Waals surface area contributed by atoms with Crippen molar-refractivity contribution in [1.29, 1.82) is 0 Å². The normalized spacial score (nSPS) is 21.1. The van der Waals surface area contributed by atoms with Gasteiger partial charge in [0, 0.05) is 27.7 Å². The molecule has 3 aromatic rings. The Morgan fingerprint density at radius 3 is 2.13 bits per heavy atom. The molecule has 5 atom stereocenters. The molecule has 0 radical (unpaired) electrons. The number of benzene rings is 2. The molecule has 1 saturated heterocycles. The third-order valence-corrected chi connectivity index (χ3v) is 7.95. The molecule has 1 aliphatic rings. The van der Waals surface area contributed by atoms with E-state index >= 15 is 0 Å². The molecule has 2 heterocycles. The summed E-state index contributed by atoms with van der Waals surface area (Å²) in [5, 5.41) is 0.528. The SMILES string of the molecule is CCCCOc1ccc(Cn2c(SC3OC(COC(C)=O)C(OC(C)=O)C(OC(C)=O)C3OC(C)=O)nc3ccccc32)cc1. The van der Waals surface area contributed by atoms with Gasteiger partial charge in [-0.05, 0) is 36.2 Å². The summed E-state index contributed by atoms with van der Waals surface area (Å²) in [6.07, 6.45) is -2.73. The zero-order chi connectivity index (χ0) is 32.5. The number of aromatic nitrogens is 2. The summed E-state index contributed by atoms with van der Waals surface area (Å²) in [5.74, 6) is -1.85. The van der Waals surface area contributed by atoms with Gasteiger partial charge in [0.2, 0.25) is 0 Å². The van der Waals surface area contributed by atoms with Gasteiger partial charge in [-0.2, -0.15) is 0 Å². The number of nitrogens with zero attached hydrogens (tertiary/aromatic N) is 2. The second-order valence-corrected chi connectivity index (χ2v) is 11.6. The monoisotopic (exact) mass is 642 g/mol. The second kappa shape index (κ2) is 15.8. The molecule has 13 heteroatoms. The Hall–Kier alpha value is -4.10. The van der Waals surface area contributed by atoms with Crippen LogP contribution in [0, 0.1) is 0 Å². The Balaban J connectivity index is 1.71. The minimum atomic E-state index is -1.26. The number of fused-ring (bicyclic) bond motifs is 1. The molecular weight excluding hydrogens is 604 g/mol. The molecule has 1 fully saturated rings. The number of imidazole rings is 1. The van der Waals surface area contributed by atoms with Crippen LogP contribution in [0.3, 0.4) is 0 Å². The smallest absolute Gasteiger partial charge is 0.303 e. The number of hydrogen-bond donors (Lipinski definition) is 0. The van der Waals surface area contributed by atoms with Gasteiger partial charge in [-0.15, -0.1) is 0 Å². The van der Waals surface area contributed by atoms with E-state index in [1.54, 1.807) is 0 Å². The summed E-state index contributed by atoms with van der Waals surface area (Å²) in [4.78, 5) is 53.1. The lowest BCUT2D eigenvalue weighted by Crippen LogP contribution is -2.61. The number of rotatable bonds is 13. The van der Waals surface area contributed by atoms with Gasteiger partial charge in [-0.1, -0.05) is 49.4 Å². The van der Waals surface area contributed by atoms with Crippen LogP contribution in [0.5, 0.6) is 5.75 Å². The largest absolute Gasteiger partial charge is 0.494 e. The number of carbonyl (C=O) groups excluding carboxylic acids is 4. The highest BCUT2D eigenvalue weighted by Crippen LogP contribution is 2.38. The number of esters is 4. The van der Waals surface area contributed by atoms with E-state index in [4.69, 9.17) is 33.4 Å². The Morgan fingerprint density at radius 2 is 1.49 bits per heavy atom. The van der Waals surface area contributed by atoms with Gasteiger partial charge in [0.1, 0.15) is 18.5 Å². The third kappa shape index (κ3) is 9.21. The van der Waals surface area contributed by atoms with Crippen molar-refractivity contribution in [2.24, 2.45) is 0 Å². The number of para-hydroxylation sites is 2. The van der Waals surface area contributed by atoms with E-state index in [9.17, 15) is 19.2 Å². The Labute approximate surface area is 265 Å². The summed E-state index contributed by atoms with van der Waals surface area (Å²) in [6.45, 7) is 7.71. The van der Waals surface area contributed by atoms with Crippen LogP contribution in [-0.2, 0) is 49.4 Å².